The molecule has 1 saturated heterocycles. The molecule has 4 rings (SSSR count). The number of anilines is 2. The van der Waals surface area contributed by atoms with E-state index < -0.39 is 11.8 Å². The Balaban J connectivity index is 1.48. The van der Waals surface area contributed by atoms with Crippen LogP contribution < -0.4 is 25.8 Å². The maximum absolute atomic E-state index is 13.1. The highest BCUT2D eigenvalue weighted by Crippen LogP contribution is 2.36. The summed E-state index contributed by atoms with van der Waals surface area (Å²) in [5.74, 6) is 0.584. The van der Waals surface area contributed by atoms with Gasteiger partial charge in [0.2, 0.25) is 5.91 Å². The highest BCUT2D eigenvalue weighted by molar-refractivity contribution is 6.31. The number of piperazine rings is 1. The van der Waals surface area contributed by atoms with Crippen molar-refractivity contribution < 1.29 is 14.3 Å². The van der Waals surface area contributed by atoms with E-state index in [0.29, 0.717) is 54.9 Å². The first-order valence-electron chi connectivity index (χ1n) is 10.8. The third kappa shape index (κ3) is 4.22. The van der Waals surface area contributed by atoms with Gasteiger partial charge in [-0.25, -0.2) is 4.79 Å². The van der Waals surface area contributed by atoms with Gasteiger partial charge in [0.05, 0.1) is 5.69 Å². The molecule has 3 heterocycles. The lowest BCUT2D eigenvalue weighted by Gasteiger charge is -2.38. The lowest BCUT2D eigenvalue weighted by Crippen LogP contribution is -2.55. The average Bonchev–Trinajstić information content (AvgIpc) is 2.82. The minimum atomic E-state index is -0.648. The normalized spacial score (nSPS) is 18.2. The zero-order valence-corrected chi connectivity index (χ0v) is 19.5. The minimum Gasteiger partial charge on any atom is -0.478 e. The number of rotatable bonds is 4. The van der Waals surface area contributed by atoms with E-state index in [1.54, 1.807) is 30.1 Å². The molecule has 0 aliphatic carbocycles. The summed E-state index contributed by atoms with van der Waals surface area (Å²) in [5.41, 5.74) is -0.288. The number of aromatic nitrogens is 2. The molecule has 2 aliphatic heterocycles. The van der Waals surface area contributed by atoms with E-state index in [0.717, 1.165) is 4.57 Å². The summed E-state index contributed by atoms with van der Waals surface area (Å²) in [5, 5.41) is 0.450. The van der Waals surface area contributed by atoms with Gasteiger partial charge in [-0.2, -0.15) is 0 Å². The number of hydrogen-bond acceptors (Lipinski definition) is 6. The Hall–Kier alpha value is -3.27. The van der Waals surface area contributed by atoms with E-state index in [1.807, 2.05) is 11.8 Å². The summed E-state index contributed by atoms with van der Waals surface area (Å²) < 4.78 is 8.25. The van der Waals surface area contributed by atoms with Crippen molar-refractivity contribution >= 4 is 34.9 Å². The molecular weight excluding hydrogens is 450 g/mol. The van der Waals surface area contributed by atoms with E-state index in [9.17, 15) is 19.2 Å². The standard InChI is InChI=1S/C22H26ClN5O5/c1-4-16-21(31)28(15-11-14(23)5-6-17(15)33-16)13-20(30)27-9-7-26(8-10-27)18-12-19(29)25(3)22(32)24(18)2/h5-6,11-12,16H,4,7-10,13H2,1-3H3. The van der Waals surface area contributed by atoms with Crippen LogP contribution in [0.1, 0.15) is 13.3 Å². The van der Waals surface area contributed by atoms with Crippen LogP contribution in [0, 0.1) is 0 Å². The van der Waals surface area contributed by atoms with Gasteiger partial charge >= 0.3 is 5.69 Å². The fourth-order valence-corrected chi connectivity index (χ4v) is 4.33. The summed E-state index contributed by atoms with van der Waals surface area (Å²) in [7, 11) is 3.05. The first-order chi connectivity index (χ1) is 15.7. The Morgan fingerprint density at radius 1 is 1.06 bits per heavy atom. The summed E-state index contributed by atoms with van der Waals surface area (Å²) in [6.45, 7) is 3.47. The lowest BCUT2D eigenvalue weighted by molar-refractivity contribution is -0.133. The van der Waals surface area contributed by atoms with E-state index in [4.69, 9.17) is 16.3 Å². The van der Waals surface area contributed by atoms with Gasteiger partial charge in [-0.05, 0) is 24.6 Å². The maximum atomic E-state index is 13.1. The van der Waals surface area contributed by atoms with E-state index >= 15 is 0 Å². The van der Waals surface area contributed by atoms with Crippen molar-refractivity contribution in [2.45, 2.75) is 19.4 Å². The summed E-state index contributed by atoms with van der Waals surface area (Å²) >= 11 is 6.12. The molecule has 0 spiro atoms. The lowest BCUT2D eigenvalue weighted by atomic mass is 10.1. The van der Waals surface area contributed by atoms with Crippen molar-refractivity contribution in [3.05, 3.63) is 50.1 Å². The Morgan fingerprint density at radius 2 is 1.76 bits per heavy atom. The molecule has 2 aliphatic rings. The van der Waals surface area contributed by atoms with Gasteiger partial charge in [0.15, 0.2) is 6.10 Å². The number of halogens is 1. The van der Waals surface area contributed by atoms with Crippen LogP contribution in [-0.2, 0) is 23.7 Å². The summed E-state index contributed by atoms with van der Waals surface area (Å²) in [6.07, 6.45) is -0.162. The average molecular weight is 476 g/mol. The largest absolute Gasteiger partial charge is 0.478 e. The van der Waals surface area contributed by atoms with Crippen LogP contribution >= 0.6 is 11.6 Å². The van der Waals surface area contributed by atoms with Crippen molar-refractivity contribution in [2.75, 3.05) is 42.5 Å². The Morgan fingerprint density at radius 3 is 2.42 bits per heavy atom. The van der Waals surface area contributed by atoms with Crippen molar-refractivity contribution in [3.8, 4) is 5.75 Å². The number of amides is 2. The molecule has 1 fully saturated rings. The van der Waals surface area contributed by atoms with Gasteiger partial charge in [0, 0.05) is 51.4 Å². The smallest absolute Gasteiger partial charge is 0.332 e. The topological polar surface area (TPSA) is 97.1 Å². The van der Waals surface area contributed by atoms with Crippen LogP contribution in [0.25, 0.3) is 0 Å². The van der Waals surface area contributed by atoms with Crippen LogP contribution in [0.3, 0.4) is 0 Å². The quantitative estimate of drug-likeness (QED) is 0.642. The SMILES string of the molecule is CCC1Oc2ccc(Cl)cc2N(CC(=O)N2CCN(c3cc(=O)n(C)c(=O)n3C)CC2)C1=O. The maximum Gasteiger partial charge on any atom is 0.332 e. The number of nitrogens with zero attached hydrogens (tertiary/aromatic N) is 5. The van der Waals surface area contributed by atoms with Gasteiger partial charge in [0.1, 0.15) is 18.1 Å². The number of fused-ring (bicyclic) bond motifs is 1. The molecule has 11 heteroatoms. The van der Waals surface area contributed by atoms with E-state index in [-0.39, 0.29) is 23.9 Å². The predicted molar refractivity (Wildman–Crippen MR) is 124 cm³/mol. The number of hydrogen-bond donors (Lipinski definition) is 0. The molecule has 0 N–H and O–H groups in total. The molecule has 10 nitrogen and oxygen atoms in total. The van der Waals surface area contributed by atoms with Gasteiger partial charge in [-0.3, -0.25) is 28.4 Å². The van der Waals surface area contributed by atoms with Gasteiger partial charge < -0.3 is 14.5 Å². The van der Waals surface area contributed by atoms with Crippen molar-refractivity contribution in [2.24, 2.45) is 14.1 Å². The number of carbonyl (C=O) groups excluding carboxylic acids is 2. The molecule has 1 aromatic carbocycles. The first-order valence-corrected chi connectivity index (χ1v) is 11.2. The predicted octanol–water partition coefficient (Wildman–Crippen LogP) is 0.590. The molecule has 33 heavy (non-hydrogen) atoms. The van der Waals surface area contributed by atoms with Crippen LogP contribution in [0.2, 0.25) is 5.02 Å². The molecule has 0 saturated carbocycles. The van der Waals surface area contributed by atoms with Crippen molar-refractivity contribution in [1.29, 1.82) is 0 Å². The second-order valence-electron chi connectivity index (χ2n) is 8.16. The number of ether oxygens (including phenoxy) is 1. The number of benzene rings is 1. The molecule has 1 unspecified atom stereocenters. The summed E-state index contributed by atoms with van der Waals surface area (Å²) in [4.78, 5) is 55.4. The molecule has 0 bridgehead atoms. The molecular formula is C22H26ClN5O5. The molecule has 176 valence electrons. The second-order valence-corrected chi connectivity index (χ2v) is 8.60. The van der Waals surface area contributed by atoms with E-state index in [2.05, 4.69) is 0 Å². The van der Waals surface area contributed by atoms with Gasteiger partial charge in [-0.1, -0.05) is 18.5 Å². The minimum absolute atomic E-state index is 0.115. The second kappa shape index (κ2) is 8.93. The van der Waals surface area contributed by atoms with E-state index in [1.165, 1.54) is 22.6 Å². The Kier molecular flexibility index (Phi) is 6.20. The monoisotopic (exact) mass is 475 g/mol. The number of carbonyl (C=O) groups is 2. The van der Waals surface area contributed by atoms with Gasteiger partial charge in [0.25, 0.3) is 11.5 Å². The van der Waals surface area contributed by atoms with Crippen LogP contribution in [0.15, 0.2) is 33.9 Å². The fraction of sp³-hybridized carbons (Fsp3) is 0.455. The third-order valence-electron chi connectivity index (χ3n) is 6.14. The van der Waals surface area contributed by atoms with Crippen LogP contribution in [0.4, 0.5) is 11.5 Å². The Bertz CT molecular complexity index is 1210. The molecule has 2 aromatic rings. The van der Waals surface area contributed by atoms with Crippen molar-refractivity contribution in [3.63, 3.8) is 0 Å². The molecule has 0 radical (unpaired) electrons. The first kappa shape index (κ1) is 22.9. The Labute approximate surface area is 195 Å². The zero-order valence-electron chi connectivity index (χ0n) is 18.8. The fourth-order valence-electron chi connectivity index (χ4n) is 4.16. The molecule has 1 atom stereocenters. The molecule has 1 aromatic heterocycles. The van der Waals surface area contributed by atoms with Crippen LogP contribution in [-0.4, -0.2) is 64.7 Å². The zero-order chi connectivity index (χ0) is 23.9. The third-order valence-corrected chi connectivity index (χ3v) is 6.38. The van der Waals surface area contributed by atoms with Gasteiger partial charge in [-0.15, -0.1) is 0 Å². The summed E-state index contributed by atoms with van der Waals surface area (Å²) in [6, 6.07) is 6.45. The van der Waals surface area contributed by atoms with Crippen molar-refractivity contribution in [1.82, 2.24) is 14.0 Å². The highest BCUT2D eigenvalue weighted by Gasteiger charge is 2.36. The van der Waals surface area contributed by atoms with Crippen LogP contribution in [0.5, 0.6) is 5.75 Å². The highest BCUT2D eigenvalue weighted by atomic mass is 35.5. The molecule has 2 amide bonds.